The van der Waals surface area contributed by atoms with Crippen LogP contribution >= 0.6 is 0 Å². The van der Waals surface area contributed by atoms with Gasteiger partial charge in [0.2, 0.25) is 11.8 Å². The number of nitrogens with one attached hydrogen (secondary N) is 4. The number of hydrogen-bond acceptors (Lipinski definition) is 4. The molecule has 7 heteroatoms. The monoisotopic (exact) mass is 498 g/mol. The average Bonchev–Trinajstić information content (AvgIpc) is 3.35. The van der Waals surface area contributed by atoms with Crippen molar-refractivity contribution in [2.24, 2.45) is 5.92 Å². The molecule has 1 aliphatic rings. The van der Waals surface area contributed by atoms with E-state index in [1.54, 1.807) is 0 Å². The van der Waals surface area contributed by atoms with Crippen molar-refractivity contribution in [1.82, 2.24) is 20.9 Å². The molecule has 2 amide bonds. The second kappa shape index (κ2) is 11.6. The first-order valence-electron chi connectivity index (χ1n) is 13.1. The predicted octanol–water partition coefficient (Wildman–Crippen LogP) is 3.07. The number of benzene rings is 3. The zero-order valence-electron chi connectivity index (χ0n) is 20.9. The van der Waals surface area contributed by atoms with Crippen LogP contribution in [0, 0.1) is 5.92 Å². The van der Waals surface area contributed by atoms with Crippen LogP contribution in [0.15, 0.2) is 72.9 Å². The summed E-state index contributed by atoms with van der Waals surface area (Å²) in [7, 11) is 0. The summed E-state index contributed by atoms with van der Waals surface area (Å²) in [5, 5.41) is 22.7. The molecular weight excluding hydrogens is 464 g/mol. The van der Waals surface area contributed by atoms with Crippen molar-refractivity contribution >= 4 is 33.5 Å². The summed E-state index contributed by atoms with van der Waals surface area (Å²) in [6, 6.07) is 21.0. The van der Waals surface area contributed by atoms with Crippen LogP contribution in [0.3, 0.4) is 0 Å². The topological polar surface area (TPSA) is 106 Å². The number of piperidine rings is 1. The number of carbonyl (C=O) groups excluding carboxylic acids is 2. The highest BCUT2D eigenvalue weighted by atomic mass is 16.3. The Bertz CT molecular complexity index is 1380. The van der Waals surface area contributed by atoms with Crippen molar-refractivity contribution < 1.29 is 14.7 Å². The van der Waals surface area contributed by atoms with Gasteiger partial charge < -0.3 is 26.0 Å². The number of aromatic amines is 1. The Balaban J connectivity index is 1.33. The van der Waals surface area contributed by atoms with Gasteiger partial charge in [0, 0.05) is 29.4 Å². The highest BCUT2D eigenvalue weighted by Crippen LogP contribution is 2.20. The van der Waals surface area contributed by atoms with E-state index >= 15 is 0 Å². The molecule has 0 bridgehead atoms. The van der Waals surface area contributed by atoms with Crippen LogP contribution in [0.5, 0.6) is 0 Å². The minimum absolute atomic E-state index is 0.0837. The van der Waals surface area contributed by atoms with E-state index in [1.165, 1.54) is 0 Å². The quantitative estimate of drug-likeness (QED) is 0.245. The lowest BCUT2D eigenvalue weighted by Crippen LogP contribution is -2.53. The van der Waals surface area contributed by atoms with E-state index in [2.05, 4.69) is 33.1 Å². The molecule has 2 atom stereocenters. The van der Waals surface area contributed by atoms with Crippen LogP contribution < -0.4 is 16.0 Å². The lowest BCUT2D eigenvalue weighted by Gasteiger charge is -2.26. The van der Waals surface area contributed by atoms with Gasteiger partial charge in [0.15, 0.2) is 0 Å². The van der Waals surface area contributed by atoms with Crippen molar-refractivity contribution in [3.8, 4) is 0 Å². The molecular formula is C30H34N4O3. The minimum atomic E-state index is -0.736. The molecule has 7 nitrogen and oxygen atoms in total. The lowest BCUT2D eigenvalue weighted by atomic mass is 9.95. The minimum Gasteiger partial charge on any atom is -0.394 e. The first-order chi connectivity index (χ1) is 18.1. The second-order valence-corrected chi connectivity index (χ2v) is 9.92. The first kappa shape index (κ1) is 25.0. The van der Waals surface area contributed by atoms with Gasteiger partial charge in [-0.2, -0.15) is 0 Å². The molecule has 1 aromatic heterocycles. The van der Waals surface area contributed by atoms with Crippen molar-refractivity contribution in [1.29, 1.82) is 0 Å². The number of rotatable bonds is 9. The zero-order chi connectivity index (χ0) is 25.6. The normalized spacial score (nSPS) is 15.9. The number of amides is 2. The Hall–Kier alpha value is -3.68. The van der Waals surface area contributed by atoms with Crippen LogP contribution in [-0.4, -0.2) is 53.7 Å². The van der Waals surface area contributed by atoms with Crippen molar-refractivity contribution in [2.45, 2.75) is 37.8 Å². The Kier molecular flexibility index (Phi) is 7.82. The third-order valence-corrected chi connectivity index (χ3v) is 7.30. The molecule has 5 rings (SSSR count). The molecule has 0 aliphatic carbocycles. The van der Waals surface area contributed by atoms with E-state index in [-0.39, 0.29) is 24.3 Å². The SMILES string of the molecule is O=C(N[C@H](Cc1ccc2ccccc2c1)C(=O)N[C@H](CO)Cc1c[nH]c2ccccc12)C1CCNCC1. The molecule has 1 aliphatic heterocycles. The Morgan fingerprint density at radius 2 is 1.68 bits per heavy atom. The maximum atomic E-state index is 13.5. The molecule has 5 N–H and O–H groups in total. The van der Waals surface area contributed by atoms with Gasteiger partial charge in [-0.15, -0.1) is 0 Å². The first-order valence-corrected chi connectivity index (χ1v) is 13.1. The molecule has 0 saturated carbocycles. The van der Waals surface area contributed by atoms with Gasteiger partial charge in [0.05, 0.1) is 12.6 Å². The number of carbonyl (C=O) groups is 2. The molecule has 3 aromatic carbocycles. The smallest absolute Gasteiger partial charge is 0.243 e. The standard InChI is InChI=1S/C30H34N4O3/c35-19-25(17-24-18-32-27-8-4-3-7-26(24)27)33-30(37)28(34-29(36)22-11-13-31-14-12-22)16-20-9-10-21-5-1-2-6-23(21)15-20/h1-10,15,18,22,25,28,31-32,35H,11-14,16-17,19H2,(H,33,37)(H,34,36)/t25-,28+/m0/s1. The molecule has 192 valence electrons. The van der Waals surface area contributed by atoms with Crippen LogP contribution in [0.1, 0.15) is 24.0 Å². The number of aliphatic hydroxyl groups excluding tert-OH is 1. The van der Waals surface area contributed by atoms with Gasteiger partial charge in [-0.05, 0) is 60.3 Å². The fraction of sp³-hybridized carbons (Fsp3) is 0.333. The van der Waals surface area contributed by atoms with Crippen LogP contribution in [0.25, 0.3) is 21.7 Å². The maximum Gasteiger partial charge on any atom is 0.243 e. The number of fused-ring (bicyclic) bond motifs is 2. The average molecular weight is 499 g/mol. The number of hydrogen-bond donors (Lipinski definition) is 5. The van der Waals surface area contributed by atoms with E-state index < -0.39 is 12.1 Å². The molecule has 1 saturated heterocycles. The summed E-state index contributed by atoms with van der Waals surface area (Å²) < 4.78 is 0. The number of H-pyrrole nitrogens is 1. The third kappa shape index (κ3) is 6.01. The van der Waals surface area contributed by atoms with Crippen molar-refractivity contribution in [3.05, 3.63) is 84.1 Å². The van der Waals surface area contributed by atoms with Gasteiger partial charge in [0.1, 0.15) is 6.04 Å². The molecule has 4 aromatic rings. The van der Waals surface area contributed by atoms with E-state index in [0.29, 0.717) is 12.8 Å². The molecule has 1 fully saturated rings. The Morgan fingerprint density at radius 1 is 0.919 bits per heavy atom. The maximum absolute atomic E-state index is 13.5. The van der Waals surface area contributed by atoms with E-state index in [0.717, 1.165) is 58.7 Å². The molecule has 2 heterocycles. The predicted molar refractivity (Wildman–Crippen MR) is 146 cm³/mol. The zero-order valence-corrected chi connectivity index (χ0v) is 20.9. The number of aromatic nitrogens is 1. The van der Waals surface area contributed by atoms with Crippen LogP contribution in [0.4, 0.5) is 0 Å². The largest absolute Gasteiger partial charge is 0.394 e. The Labute approximate surface area is 216 Å². The van der Waals surface area contributed by atoms with E-state index in [4.69, 9.17) is 0 Å². The lowest BCUT2D eigenvalue weighted by molar-refractivity contribution is -0.132. The van der Waals surface area contributed by atoms with Crippen LogP contribution in [0.2, 0.25) is 0 Å². The third-order valence-electron chi connectivity index (χ3n) is 7.30. The van der Waals surface area contributed by atoms with Crippen LogP contribution in [-0.2, 0) is 22.4 Å². The van der Waals surface area contributed by atoms with Crippen molar-refractivity contribution in [3.63, 3.8) is 0 Å². The fourth-order valence-corrected chi connectivity index (χ4v) is 5.21. The number of para-hydroxylation sites is 1. The van der Waals surface area contributed by atoms with E-state index in [9.17, 15) is 14.7 Å². The summed E-state index contributed by atoms with van der Waals surface area (Å²) >= 11 is 0. The summed E-state index contributed by atoms with van der Waals surface area (Å²) in [4.78, 5) is 29.9. The second-order valence-electron chi connectivity index (χ2n) is 9.92. The highest BCUT2D eigenvalue weighted by Gasteiger charge is 2.28. The van der Waals surface area contributed by atoms with Gasteiger partial charge in [-0.25, -0.2) is 0 Å². The number of aliphatic hydroxyl groups is 1. The molecule has 0 spiro atoms. The van der Waals surface area contributed by atoms with Gasteiger partial charge >= 0.3 is 0 Å². The summed E-state index contributed by atoms with van der Waals surface area (Å²) in [6.45, 7) is 1.41. The van der Waals surface area contributed by atoms with Gasteiger partial charge in [0.25, 0.3) is 0 Å². The highest BCUT2D eigenvalue weighted by molar-refractivity contribution is 5.90. The summed E-state index contributed by atoms with van der Waals surface area (Å²) in [6.07, 6.45) is 4.30. The molecule has 0 unspecified atom stereocenters. The summed E-state index contributed by atoms with van der Waals surface area (Å²) in [5.41, 5.74) is 3.02. The molecule has 37 heavy (non-hydrogen) atoms. The summed E-state index contributed by atoms with van der Waals surface area (Å²) in [5.74, 6) is -0.470. The van der Waals surface area contributed by atoms with Crippen molar-refractivity contribution in [2.75, 3.05) is 19.7 Å². The fourth-order valence-electron chi connectivity index (χ4n) is 5.21. The van der Waals surface area contributed by atoms with Gasteiger partial charge in [-0.1, -0.05) is 60.7 Å². The Morgan fingerprint density at radius 3 is 2.49 bits per heavy atom. The van der Waals surface area contributed by atoms with Gasteiger partial charge in [-0.3, -0.25) is 9.59 Å². The molecule has 0 radical (unpaired) electrons. The van der Waals surface area contributed by atoms with E-state index in [1.807, 2.05) is 60.8 Å².